The molecule has 1 aromatic heterocycles. The maximum absolute atomic E-state index is 7.07. The standard InChI is InChI=1S/C34H47ClN6.C2H6/c1-8-26-24(20-22(3)4)12-10-13-25(26)21-37-28-15-11-14-27(31(28)35)32-30(23(5)6)33(40-39-32)38-29(9-2)41-18-16-34(7,36)17-19-41;1-2/h9-15,22-23,37H,2,8,16-21,36H2,1,3-7H3,(H,39,40);1-2H3. The Morgan fingerprint density at radius 1 is 1.14 bits per heavy atom. The zero-order chi connectivity index (χ0) is 31.7. The quantitative estimate of drug-likeness (QED) is 0.159. The number of nitrogens with zero attached hydrogens (tertiary/aromatic N) is 3. The Morgan fingerprint density at radius 3 is 2.40 bits per heavy atom. The molecular weight excluding hydrogens is 552 g/mol. The molecule has 0 radical (unpaired) electrons. The Balaban J connectivity index is 0.00000248. The smallest absolute Gasteiger partial charge is 0.179 e. The molecule has 2 heterocycles. The lowest BCUT2D eigenvalue weighted by Gasteiger charge is -2.37. The first-order valence-electron chi connectivity index (χ1n) is 16.0. The van der Waals surface area contributed by atoms with Gasteiger partial charge in [-0.25, -0.2) is 4.99 Å². The second-order valence-electron chi connectivity index (χ2n) is 12.3. The fraction of sp³-hybridized carbons (Fsp3) is 0.500. The first-order chi connectivity index (χ1) is 20.5. The van der Waals surface area contributed by atoms with Crippen LogP contribution in [-0.4, -0.2) is 39.6 Å². The van der Waals surface area contributed by atoms with E-state index in [4.69, 9.17) is 22.3 Å². The Morgan fingerprint density at radius 2 is 1.79 bits per heavy atom. The summed E-state index contributed by atoms with van der Waals surface area (Å²) in [5.41, 5.74) is 14.2. The number of aliphatic imine (C=N–C) groups is 1. The van der Waals surface area contributed by atoms with Gasteiger partial charge in [0.1, 0.15) is 5.84 Å². The van der Waals surface area contributed by atoms with Crippen molar-refractivity contribution in [2.75, 3.05) is 18.4 Å². The van der Waals surface area contributed by atoms with Gasteiger partial charge in [-0.3, -0.25) is 5.10 Å². The Kier molecular flexibility index (Phi) is 12.5. The zero-order valence-electron chi connectivity index (χ0n) is 27.6. The molecule has 4 rings (SSSR count). The number of aromatic nitrogens is 2. The van der Waals surface area contributed by atoms with Crippen LogP contribution in [0.2, 0.25) is 5.02 Å². The molecule has 3 aromatic rings. The average Bonchev–Trinajstić information content (AvgIpc) is 3.40. The van der Waals surface area contributed by atoms with Crippen LogP contribution in [0.1, 0.15) is 96.4 Å². The topological polar surface area (TPSA) is 82.3 Å². The van der Waals surface area contributed by atoms with Gasteiger partial charge in [0.15, 0.2) is 5.82 Å². The van der Waals surface area contributed by atoms with Crippen LogP contribution in [0, 0.1) is 5.92 Å². The summed E-state index contributed by atoms with van der Waals surface area (Å²) in [7, 11) is 0. The molecule has 0 unspecified atom stereocenters. The van der Waals surface area contributed by atoms with E-state index < -0.39 is 0 Å². The number of nitrogens with one attached hydrogen (secondary N) is 2. The number of benzene rings is 2. The highest BCUT2D eigenvalue weighted by Gasteiger charge is 2.27. The summed E-state index contributed by atoms with van der Waals surface area (Å²) in [6.07, 6.45) is 5.75. The van der Waals surface area contributed by atoms with Crippen molar-refractivity contribution in [1.82, 2.24) is 15.1 Å². The molecule has 6 nitrogen and oxygen atoms in total. The van der Waals surface area contributed by atoms with Crippen molar-refractivity contribution in [2.45, 2.75) is 99.1 Å². The van der Waals surface area contributed by atoms with Gasteiger partial charge >= 0.3 is 0 Å². The van der Waals surface area contributed by atoms with Crippen LogP contribution < -0.4 is 11.1 Å². The molecule has 1 aliphatic rings. The Hall–Kier alpha value is -3.09. The summed E-state index contributed by atoms with van der Waals surface area (Å²) in [4.78, 5) is 7.22. The van der Waals surface area contributed by atoms with Crippen LogP contribution in [-0.2, 0) is 19.4 Å². The molecule has 0 amide bonds. The van der Waals surface area contributed by atoms with Crippen LogP contribution in [0.3, 0.4) is 0 Å². The van der Waals surface area contributed by atoms with Gasteiger partial charge in [-0.2, -0.15) is 5.10 Å². The molecule has 7 heteroatoms. The van der Waals surface area contributed by atoms with Crippen LogP contribution >= 0.6 is 11.6 Å². The normalized spacial score (nSPS) is 15.0. The lowest BCUT2D eigenvalue weighted by molar-refractivity contribution is 0.245. The summed E-state index contributed by atoms with van der Waals surface area (Å²) < 4.78 is 0. The van der Waals surface area contributed by atoms with Gasteiger partial charge in [-0.1, -0.05) is 97.0 Å². The number of hydrogen-bond donors (Lipinski definition) is 3. The first kappa shape index (κ1) is 34.4. The number of anilines is 1. The van der Waals surface area contributed by atoms with Gasteiger partial charge in [0.25, 0.3) is 0 Å². The number of nitrogens with two attached hydrogens (primary N) is 1. The molecule has 1 aliphatic heterocycles. The number of halogens is 1. The zero-order valence-corrected chi connectivity index (χ0v) is 28.4. The van der Waals surface area contributed by atoms with E-state index in [0.29, 0.717) is 23.3 Å². The second kappa shape index (κ2) is 15.6. The highest BCUT2D eigenvalue weighted by atomic mass is 35.5. The summed E-state index contributed by atoms with van der Waals surface area (Å²) in [5, 5.41) is 12.2. The van der Waals surface area contributed by atoms with Crippen LogP contribution in [0.25, 0.3) is 11.3 Å². The predicted octanol–water partition coefficient (Wildman–Crippen LogP) is 9.28. The fourth-order valence-electron chi connectivity index (χ4n) is 5.77. The van der Waals surface area contributed by atoms with Crippen molar-refractivity contribution in [1.29, 1.82) is 0 Å². The van der Waals surface area contributed by atoms with E-state index >= 15 is 0 Å². The van der Waals surface area contributed by atoms with Crippen LogP contribution in [0.15, 0.2) is 54.0 Å². The van der Waals surface area contributed by atoms with Crippen molar-refractivity contribution < 1.29 is 0 Å². The largest absolute Gasteiger partial charge is 0.380 e. The SMILES string of the molecule is C=CC(=Nc1n[nH]c(-c2cccc(NCc3cccc(CC(C)C)c3CC)c2Cl)c1C(C)C)N1CCC(C)(N)CC1.CC. The maximum Gasteiger partial charge on any atom is 0.179 e. The Labute approximate surface area is 265 Å². The monoisotopic (exact) mass is 604 g/mol. The molecule has 0 bridgehead atoms. The number of likely N-dealkylation sites (tertiary alicyclic amines) is 1. The number of amidine groups is 1. The van der Waals surface area contributed by atoms with E-state index in [1.54, 1.807) is 0 Å². The molecule has 1 saturated heterocycles. The highest BCUT2D eigenvalue weighted by molar-refractivity contribution is 6.36. The minimum atomic E-state index is -0.129. The third kappa shape index (κ3) is 8.51. The summed E-state index contributed by atoms with van der Waals surface area (Å²) in [5.74, 6) is 2.31. The first-order valence-corrected chi connectivity index (χ1v) is 16.4. The van der Waals surface area contributed by atoms with Crippen molar-refractivity contribution in [3.8, 4) is 11.3 Å². The summed E-state index contributed by atoms with van der Waals surface area (Å²) in [6, 6.07) is 12.8. The third-order valence-electron chi connectivity index (χ3n) is 8.08. The van der Waals surface area contributed by atoms with Gasteiger partial charge in [0.2, 0.25) is 0 Å². The molecule has 1 fully saturated rings. The molecule has 0 saturated carbocycles. The van der Waals surface area contributed by atoms with E-state index in [0.717, 1.165) is 67.1 Å². The molecule has 0 atom stereocenters. The Bertz CT molecular complexity index is 1370. The van der Waals surface area contributed by atoms with E-state index in [2.05, 4.69) is 86.7 Å². The number of piperidine rings is 1. The lowest BCUT2D eigenvalue weighted by Crippen LogP contribution is -2.49. The van der Waals surface area contributed by atoms with Crippen molar-refractivity contribution in [3.05, 3.63) is 76.3 Å². The maximum atomic E-state index is 7.07. The van der Waals surface area contributed by atoms with Crippen LogP contribution in [0.5, 0.6) is 0 Å². The molecular formula is C36H53ClN6. The van der Waals surface area contributed by atoms with Gasteiger partial charge in [0.05, 0.1) is 16.4 Å². The van der Waals surface area contributed by atoms with Crippen LogP contribution in [0.4, 0.5) is 11.5 Å². The molecule has 2 aromatic carbocycles. The van der Waals surface area contributed by atoms with E-state index in [9.17, 15) is 0 Å². The van der Waals surface area contributed by atoms with Gasteiger partial charge < -0.3 is 16.0 Å². The number of rotatable bonds is 10. The molecule has 4 N–H and O–H groups in total. The minimum absolute atomic E-state index is 0.129. The highest BCUT2D eigenvalue weighted by Crippen LogP contribution is 2.40. The average molecular weight is 605 g/mol. The van der Waals surface area contributed by atoms with E-state index in [1.165, 1.54) is 16.7 Å². The summed E-state index contributed by atoms with van der Waals surface area (Å²) in [6.45, 7) is 23.7. The van der Waals surface area contributed by atoms with Gasteiger partial charge in [-0.15, -0.1) is 0 Å². The van der Waals surface area contributed by atoms with E-state index in [-0.39, 0.29) is 11.5 Å². The second-order valence-corrected chi connectivity index (χ2v) is 12.7. The summed E-state index contributed by atoms with van der Waals surface area (Å²) >= 11 is 7.07. The van der Waals surface area contributed by atoms with Crippen molar-refractivity contribution >= 4 is 28.9 Å². The lowest BCUT2D eigenvalue weighted by atomic mass is 9.91. The molecule has 0 spiro atoms. The number of H-pyrrole nitrogens is 1. The molecule has 43 heavy (non-hydrogen) atoms. The predicted molar refractivity (Wildman–Crippen MR) is 187 cm³/mol. The third-order valence-corrected chi connectivity index (χ3v) is 8.49. The minimum Gasteiger partial charge on any atom is -0.380 e. The van der Waals surface area contributed by atoms with Crippen molar-refractivity contribution in [3.63, 3.8) is 0 Å². The van der Waals surface area contributed by atoms with Crippen molar-refractivity contribution in [2.24, 2.45) is 16.6 Å². The van der Waals surface area contributed by atoms with Gasteiger partial charge in [-0.05, 0) is 73.3 Å². The number of aromatic amines is 1. The van der Waals surface area contributed by atoms with Gasteiger partial charge in [0, 0.05) is 36.3 Å². The fourth-order valence-corrected chi connectivity index (χ4v) is 6.06. The molecule has 234 valence electrons. The molecule has 0 aliphatic carbocycles. The van der Waals surface area contributed by atoms with E-state index in [1.807, 2.05) is 38.1 Å². The number of hydrogen-bond acceptors (Lipinski definition) is 4.